The SMILES string of the molecule is CCc1ccc(-c2noc(CN3CCCC(C(C)O)C3)n2)cc1. The Labute approximate surface area is 137 Å². The van der Waals surface area contributed by atoms with Crippen LogP contribution >= 0.6 is 0 Å². The molecule has 1 N–H and O–H groups in total. The van der Waals surface area contributed by atoms with Gasteiger partial charge in [-0.2, -0.15) is 4.98 Å². The molecule has 1 fully saturated rings. The van der Waals surface area contributed by atoms with Crippen LogP contribution in [-0.2, 0) is 13.0 Å². The van der Waals surface area contributed by atoms with Gasteiger partial charge in [0.2, 0.25) is 11.7 Å². The van der Waals surface area contributed by atoms with Gasteiger partial charge in [-0.25, -0.2) is 0 Å². The van der Waals surface area contributed by atoms with Gasteiger partial charge >= 0.3 is 0 Å². The van der Waals surface area contributed by atoms with Crippen molar-refractivity contribution in [3.05, 3.63) is 35.7 Å². The first-order valence-electron chi connectivity index (χ1n) is 8.48. The summed E-state index contributed by atoms with van der Waals surface area (Å²) in [6.07, 6.45) is 2.97. The minimum absolute atomic E-state index is 0.256. The molecule has 0 aliphatic carbocycles. The molecule has 1 aromatic carbocycles. The molecule has 23 heavy (non-hydrogen) atoms. The van der Waals surface area contributed by atoms with Crippen LogP contribution in [0.5, 0.6) is 0 Å². The molecule has 2 unspecified atom stereocenters. The van der Waals surface area contributed by atoms with Crippen LogP contribution in [0.25, 0.3) is 11.4 Å². The maximum Gasteiger partial charge on any atom is 0.241 e. The number of aromatic nitrogens is 2. The molecule has 5 nitrogen and oxygen atoms in total. The number of rotatable bonds is 5. The zero-order valence-corrected chi connectivity index (χ0v) is 13.9. The van der Waals surface area contributed by atoms with E-state index in [2.05, 4.69) is 34.1 Å². The van der Waals surface area contributed by atoms with Crippen molar-refractivity contribution >= 4 is 0 Å². The molecule has 1 aliphatic heterocycles. The van der Waals surface area contributed by atoms with E-state index in [4.69, 9.17) is 4.52 Å². The Hall–Kier alpha value is -1.72. The molecule has 3 rings (SSSR count). The summed E-state index contributed by atoms with van der Waals surface area (Å²) >= 11 is 0. The predicted molar refractivity (Wildman–Crippen MR) is 88.8 cm³/mol. The van der Waals surface area contributed by atoms with Crippen LogP contribution in [0, 0.1) is 5.92 Å². The molecule has 124 valence electrons. The lowest BCUT2D eigenvalue weighted by molar-refractivity contribution is 0.0556. The van der Waals surface area contributed by atoms with Gasteiger partial charge in [0.1, 0.15) is 0 Å². The van der Waals surface area contributed by atoms with Crippen LogP contribution in [0.4, 0.5) is 0 Å². The van der Waals surface area contributed by atoms with Gasteiger partial charge in [0.05, 0.1) is 12.6 Å². The zero-order valence-electron chi connectivity index (χ0n) is 13.9. The summed E-state index contributed by atoms with van der Waals surface area (Å²) in [4.78, 5) is 6.81. The van der Waals surface area contributed by atoms with Gasteiger partial charge in [0.25, 0.3) is 0 Å². The average molecular weight is 315 g/mol. The molecule has 0 radical (unpaired) electrons. The third kappa shape index (κ3) is 3.98. The topological polar surface area (TPSA) is 62.4 Å². The minimum Gasteiger partial charge on any atom is -0.393 e. The van der Waals surface area contributed by atoms with Gasteiger partial charge in [0, 0.05) is 12.1 Å². The molecule has 1 aromatic heterocycles. The molecule has 2 aromatic rings. The van der Waals surface area contributed by atoms with Crippen molar-refractivity contribution in [3.8, 4) is 11.4 Å². The second-order valence-electron chi connectivity index (χ2n) is 6.44. The van der Waals surface area contributed by atoms with E-state index in [1.54, 1.807) is 0 Å². The first kappa shape index (κ1) is 16.1. The van der Waals surface area contributed by atoms with E-state index in [9.17, 15) is 5.11 Å². The molecule has 0 amide bonds. The summed E-state index contributed by atoms with van der Waals surface area (Å²) in [6.45, 7) is 6.58. The summed E-state index contributed by atoms with van der Waals surface area (Å²) in [6, 6.07) is 8.28. The summed E-state index contributed by atoms with van der Waals surface area (Å²) in [5, 5.41) is 13.9. The van der Waals surface area contributed by atoms with E-state index >= 15 is 0 Å². The van der Waals surface area contributed by atoms with Crippen LogP contribution in [-0.4, -0.2) is 39.3 Å². The fraction of sp³-hybridized carbons (Fsp3) is 0.556. The van der Waals surface area contributed by atoms with Crippen LogP contribution in [0.3, 0.4) is 0 Å². The highest BCUT2D eigenvalue weighted by molar-refractivity contribution is 5.54. The van der Waals surface area contributed by atoms with Crippen molar-refractivity contribution in [2.75, 3.05) is 13.1 Å². The van der Waals surface area contributed by atoms with Crippen molar-refractivity contribution in [1.29, 1.82) is 0 Å². The van der Waals surface area contributed by atoms with E-state index in [0.29, 0.717) is 24.2 Å². The van der Waals surface area contributed by atoms with Gasteiger partial charge in [-0.3, -0.25) is 4.90 Å². The van der Waals surface area contributed by atoms with Gasteiger partial charge in [0.15, 0.2) is 0 Å². The largest absolute Gasteiger partial charge is 0.393 e. The predicted octanol–water partition coefficient (Wildman–Crippen LogP) is 2.89. The van der Waals surface area contributed by atoms with Crippen molar-refractivity contribution in [3.63, 3.8) is 0 Å². The maximum atomic E-state index is 9.78. The Morgan fingerprint density at radius 1 is 1.35 bits per heavy atom. The van der Waals surface area contributed by atoms with Crippen molar-refractivity contribution in [2.45, 2.75) is 45.8 Å². The molecule has 0 bridgehead atoms. The number of nitrogens with zero attached hydrogens (tertiary/aromatic N) is 3. The number of likely N-dealkylation sites (tertiary alicyclic amines) is 1. The quantitative estimate of drug-likeness (QED) is 0.919. The molecular formula is C18H25N3O2. The highest BCUT2D eigenvalue weighted by Crippen LogP contribution is 2.22. The first-order valence-corrected chi connectivity index (χ1v) is 8.48. The van der Waals surface area contributed by atoms with Crippen molar-refractivity contribution in [1.82, 2.24) is 15.0 Å². The summed E-state index contributed by atoms with van der Waals surface area (Å²) in [7, 11) is 0. The lowest BCUT2D eigenvalue weighted by Crippen LogP contribution is -2.39. The van der Waals surface area contributed by atoms with Crippen molar-refractivity contribution < 1.29 is 9.63 Å². The lowest BCUT2D eigenvalue weighted by Gasteiger charge is -2.33. The smallest absolute Gasteiger partial charge is 0.241 e. The normalized spacial score (nSPS) is 20.6. The van der Waals surface area contributed by atoms with Crippen LogP contribution < -0.4 is 0 Å². The van der Waals surface area contributed by atoms with E-state index in [1.807, 2.05) is 19.1 Å². The fourth-order valence-electron chi connectivity index (χ4n) is 3.15. The molecule has 5 heteroatoms. The molecule has 2 atom stereocenters. The van der Waals surface area contributed by atoms with E-state index in [-0.39, 0.29) is 6.10 Å². The molecular weight excluding hydrogens is 290 g/mol. The second-order valence-corrected chi connectivity index (χ2v) is 6.44. The lowest BCUT2D eigenvalue weighted by atomic mass is 9.93. The van der Waals surface area contributed by atoms with Gasteiger partial charge in [-0.15, -0.1) is 0 Å². The summed E-state index contributed by atoms with van der Waals surface area (Å²) < 4.78 is 5.41. The Morgan fingerprint density at radius 2 is 2.13 bits per heavy atom. The molecule has 0 spiro atoms. The third-order valence-electron chi connectivity index (χ3n) is 4.67. The highest BCUT2D eigenvalue weighted by Gasteiger charge is 2.24. The van der Waals surface area contributed by atoms with Gasteiger partial charge < -0.3 is 9.63 Å². The number of aliphatic hydroxyl groups is 1. The van der Waals surface area contributed by atoms with E-state index < -0.39 is 0 Å². The van der Waals surface area contributed by atoms with Crippen molar-refractivity contribution in [2.24, 2.45) is 5.92 Å². The van der Waals surface area contributed by atoms with Crippen LogP contribution in [0.1, 0.15) is 38.1 Å². The Kier molecular flexibility index (Phi) is 5.08. The fourth-order valence-corrected chi connectivity index (χ4v) is 3.15. The van der Waals surface area contributed by atoms with E-state index in [0.717, 1.165) is 37.9 Å². The average Bonchev–Trinajstić information content (AvgIpc) is 3.03. The Morgan fingerprint density at radius 3 is 2.83 bits per heavy atom. The highest BCUT2D eigenvalue weighted by atomic mass is 16.5. The Balaban J connectivity index is 1.64. The first-order chi connectivity index (χ1) is 11.2. The molecule has 2 heterocycles. The second kappa shape index (κ2) is 7.23. The monoisotopic (exact) mass is 315 g/mol. The van der Waals surface area contributed by atoms with Crippen LogP contribution in [0.15, 0.2) is 28.8 Å². The number of aryl methyl sites for hydroxylation is 1. The summed E-state index contributed by atoms with van der Waals surface area (Å²) in [5.41, 5.74) is 2.28. The zero-order chi connectivity index (χ0) is 16.2. The number of hydrogen-bond donors (Lipinski definition) is 1. The Bertz CT molecular complexity index is 621. The van der Waals surface area contributed by atoms with Gasteiger partial charge in [-0.1, -0.05) is 36.3 Å². The standard InChI is InChI=1S/C18H25N3O2/c1-3-14-6-8-15(9-7-14)18-19-17(23-20-18)12-21-10-4-5-16(11-21)13(2)22/h6-9,13,16,22H,3-5,10-12H2,1-2H3. The maximum absolute atomic E-state index is 9.78. The number of hydrogen-bond acceptors (Lipinski definition) is 5. The number of benzene rings is 1. The van der Waals surface area contributed by atoms with Crippen LogP contribution in [0.2, 0.25) is 0 Å². The summed E-state index contributed by atoms with van der Waals surface area (Å²) in [5.74, 6) is 1.63. The number of aliphatic hydroxyl groups excluding tert-OH is 1. The third-order valence-corrected chi connectivity index (χ3v) is 4.67. The molecule has 0 saturated carbocycles. The minimum atomic E-state index is -0.256. The van der Waals surface area contributed by atoms with Gasteiger partial charge in [-0.05, 0) is 44.2 Å². The van der Waals surface area contributed by atoms with E-state index in [1.165, 1.54) is 5.56 Å². The molecule has 1 aliphatic rings. The number of piperidine rings is 1. The molecule has 1 saturated heterocycles.